The van der Waals surface area contributed by atoms with Gasteiger partial charge in [-0.05, 0) is 17.7 Å². The van der Waals surface area contributed by atoms with E-state index >= 15 is 0 Å². The van der Waals surface area contributed by atoms with Crippen LogP contribution in [-0.2, 0) is 20.9 Å². The number of carbonyl (C=O) groups excluding carboxylic acids is 3. The Kier molecular flexibility index (Phi) is 3.73. The lowest BCUT2D eigenvalue weighted by molar-refractivity contribution is -0.145. The largest absolute Gasteiger partial charge is 0.336 e. The molecular formula is C13H13N3O3. The van der Waals surface area contributed by atoms with E-state index in [-0.39, 0.29) is 6.54 Å². The van der Waals surface area contributed by atoms with Crippen LogP contribution in [0.4, 0.5) is 5.69 Å². The van der Waals surface area contributed by atoms with Crippen molar-refractivity contribution < 1.29 is 14.4 Å². The Hall–Kier alpha value is -2.46. The fraction of sp³-hybridized carbons (Fsp3) is 0.308. The minimum absolute atomic E-state index is 0.263. The quantitative estimate of drug-likeness (QED) is 0.446. The molecule has 2 amide bonds. The summed E-state index contributed by atoms with van der Waals surface area (Å²) in [7, 11) is 1.61. The number of aliphatic imine (C=N–C) groups is 1. The van der Waals surface area contributed by atoms with Gasteiger partial charge in [-0.3, -0.25) is 9.59 Å². The molecule has 2 rings (SSSR count). The predicted molar refractivity (Wildman–Crippen MR) is 68.3 cm³/mol. The third-order valence-corrected chi connectivity index (χ3v) is 3.01. The first-order valence-corrected chi connectivity index (χ1v) is 5.83. The van der Waals surface area contributed by atoms with Crippen LogP contribution in [0.25, 0.3) is 0 Å². The van der Waals surface area contributed by atoms with Gasteiger partial charge in [-0.15, -0.1) is 0 Å². The van der Waals surface area contributed by atoms with Gasteiger partial charge in [-0.25, -0.2) is 9.79 Å². The molecule has 0 atom stereocenters. The number of likely N-dealkylation sites (N-methyl/N-ethyl adjacent to an activating group) is 1. The van der Waals surface area contributed by atoms with E-state index in [0.717, 1.165) is 5.56 Å². The number of hydrogen-bond acceptors (Lipinski definition) is 4. The van der Waals surface area contributed by atoms with E-state index in [1.54, 1.807) is 31.3 Å². The predicted octanol–water partition coefficient (Wildman–Crippen LogP) is 0.327. The second kappa shape index (κ2) is 5.46. The van der Waals surface area contributed by atoms with E-state index < -0.39 is 11.8 Å². The molecule has 1 aromatic rings. The molecule has 98 valence electrons. The standard InChI is InChI=1S/C13H13N3O3/c1-15-6-7-16(13(19)12(15)18)11-4-2-10(3-5-11)8-14-9-17/h2-5H,6-8H2,1H3. The summed E-state index contributed by atoms with van der Waals surface area (Å²) >= 11 is 0. The van der Waals surface area contributed by atoms with Crippen LogP contribution in [0.15, 0.2) is 29.3 Å². The van der Waals surface area contributed by atoms with Gasteiger partial charge in [-0.1, -0.05) is 12.1 Å². The molecule has 0 radical (unpaired) electrons. The summed E-state index contributed by atoms with van der Waals surface area (Å²) in [5.74, 6) is -1.02. The highest BCUT2D eigenvalue weighted by Crippen LogP contribution is 2.18. The van der Waals surface area contributed by atoms with E-state index in [0.29, 0.717) is 18.8 Å². The van der Waals surface area contributed by atoms with Crippen LogP contribution in [0.2, 0.25) is 0 Å². The Morgan fingerprint density at radius 2 is 1.84 bits per heavy atom. The molecule has 1 aromatic carbocycles. The van der Waals surface area contributed by atoms with Crippen molar-refractivity contribution in [1.82, 2.24) is 4.90 Å². The molecule has 0 aliphatic carbocycles. The Labute approximate surface area is 110 Å². The molecule has 1 aliphatic rings. The van der Waals surface area contributed by atoms with Crippen molar-refractivity contribution in [2.75, 3.05) is 25.0 Å². The summed E-state index contributed by atoms with van der Waals surface area (Å²) in [6.07, 6.45) is 1.47. The second-order valence-electron chi connectivity index (χ2n) is 4.26. The number of hydrogen-bond donors (Lipinski definition) is 0. The first kappa shape index (κ1) is 13.0. The molecule has 6 nitrogen and oxygen atoms in total. The Morgan fingerprint density at radius 3 is 2.47 bits per heavy atom. The van der Waals surface area contributed by atoms with Crippen molar-refractivity contribution in [1.29, 1.82) is 0 Å². The normalized spacial score (nSPS) is 15.4. The van der Waals surface area contributed by atoms with Gasteiger partial charge in [0, 0.05) is 25.8 Å². The van der Waals surface area contributed by atoms with Gasteiger partial charge in [-0.2, -0.15) is 0 Å². The zero-order valence-corrected chi connectivity index (χ0v) is 10.5. The third-order valence-electron chi connectivity index (χ3n) is 3.01. The molecule has 1 fully saturated rings. The molecule has 0 unspecified atom stereocenters. The van der Waals surface area contributed by atoms with Gasteiger partial charge in [0.05, 0.1) is 6.54 Å². The maximum absolute atomic E-state index is 11.9. The van der Waals surface area contributed by atoms with Crippen molar-refractivity contribution in [3.05, 3.63) is 29.8 Å². The monoisotopic (exact) mass is 259 g/mol. The number of benzene rings is 1. The molecule has 1 saturated heterocycles. The first-order chi connectivity index (χ1) is 9.13. The Balaban J connectivity index is 2.16. The van der Waals surface area contributed by atoms with E-state index in [1.165, 1.54) is 15.9 Å². The van der Waals surface area contributed by atoms with Gasteiger partial charge in [0.15, 0.2) is 0 Å². The lowest BCUT2D eigenvalue weighted by atomic mass is 10.1. The van der Waals surface area contributed by atoms with Crippen molar-refractivity contribution in [3.8, 4) is 0 Å². The number of rotatable bonds is 3. The minimum Gasteiger partial charge on any atom is -0.336 e. The highest BCUT2D eigenvalue weighted by Gasteiger charge is 2.30. The first-order valence-electron chi connectivity index (χ1n) is 5.83. The summed E-state index contributed by atoms with van der Waals surface area (Å²) in [6.45, 7) is 1.26. The average Bonchev–Trinajstić information content (AvgIpc) is 2.44. The van der Waals surface area contributed by atoms with Crippen molar-refractivity contribution >= 4 is 23.6 Å². The van der Waals surface area contributed by atoms with Gasteiger partial charge < -0.3 is 9.80 Å². The van der Waals surface area contributed by atoms with Crippen LogP contribution in [-0.4, -0.2) is 42.9 Å². The van der Waals surface area contributed by atoms with Gasteiger partial charge in [0.2, 0.25) is 6.08 Å². The molecule has 6 heteroatoms. The smallest absolute Gasteiger partial charge is 0.316 e. The summed E-state index contributed by atoms with van der Waals surface area (Å²) in [6, 6.07) is 7.02. The van der Waals surface area contributed by atoms with E-state index in [1.807, 2.05) is 0 Å². The van der Waals surface area contributed by atoms with E-state index in [4.69, 9.17) is 0 Å². The molecule has 0 aromatic heterocycles. The fourth-order valence-corrected chi connectivity index (χ4v) is 1.88. The van der Waals surface area contributed by atoms with Crippen LogP contribution >= 0.6 is 0 Å². The maximum Gasteiger partial charge on any atom is 0.316 e. The zero-order chi connectivity index (χ0) is 13.8. The third kappa shape index (κ3) is 2.69. The molecular weight excluding hydrogens is 246 g/mol. The van der Waals surface area contributed by atoms with Gasteiger partial charge in [0.25, 0.3) is 0 Å². The number of anilines is 1. The van der Waals surface area contributed by atoms with Gasteiger partial charge >= 0.3 is 11.8 Å². The highest BCUT2D eigenvalue weighted by molar-refractivity contribution is 6.40. The van der Waals surface area contributed by atoms with E-state index in [9.17, 15) is 14.4 Å². The molecule has 0 spiro atoms. The topological polar surface area (TPSA) is 70.0 Å². The molecule has 1 aliphatic heterocycles. The minimum atomic E-state index is -0.521. The highest BCUT2D eigenvalue weighted by atomic mass is 16.2. The maximum atomic E-state index is 11.9. The van der Waals surface area contributed by atoms with Crippen molar-refractivity contribution in [2.45, 2.75) is 6.54 Å². The Bertz CT molecular complexity index is 547. The lowest BCUT2D eigenvalue weighted by Crippen LogP contribution is -2.53. The van der Waals surface area contributed by atoms with Crippen LogP contribution in [0.1, 0.15) is 5.56 Å². The fourth-order valence-electron chi connectivity index (χ4n) is 1.88. The molecule has 1 heterocycles. The lowest BCUT2D eigenvalue weighted by Gasteiger charge is -2.31. The SMILES string of the molecule is CN1CCN(c2ccc(CN=C=O)cc2)C(=O)C1=O. The van der Waals surface area contributed by atoms with E-state index in [2.05, 4.69) is 4.99 Å². The molecule has 19 heavy (non-hydrogen) atoms. The molecule has 0 N–H and O–H groups in total. The number of isocyanates is 1. The summed E-state index contributed by atoms with van der Waals surface area (Å²) in [5, 5.41) is 0. The summed E-state index contributed by atoms with van der Waals surface area (Å²) in [4.78, 5) is 39.8. The van der Waals surface area contributed by atoms with Gasteiger partial charge in [0.1, 0.15) is 0 Å². The molecule has 0 bridgehead atoms. The van der Waals surface area contributed by atoms with Crippen LogP contribution in [0.3, 0.4) is 0 Å². The van der Waals surface area contributed by atoms with Crippen LogP contribution in [0, 0.1) is 0 Å². The average molecular weight is 259 g/mol. The van der Waals surface area contributed by atoms with Crippen molar-refractivity contribution in [2.24, 2.45) is 4.99 Å². The Morgan fingerprint density at radius 1 is 1.16 bits per heavy atom. The van der Waals surface area contributed by atoms with Crippen LogP contribution in [0.5, 0.6) is 0 Å². The number of carbonyl (C=O) groups is 2. The number of amides is 2. The number of nitrogens with zero attached hydrogens (tertiary/aromatic N) is 3. The summed E-state index contributed by atoms with van der Waals surface area (Å²) < 4.78 is 0. The summed E-state index contributed by atoms with van der Waals surface area (Å²) in [5.41, 5.74) is 1.52. The second-order valence-corrected chi connectivity index (χ2v) is 4.26. The van der Waals surface area contributed by atoms with Crippen molar-refractivity contribution in [3.63, 3.8) is 0 Å². The zero-order valence-electron chi connectivity index (χ0n) is 10.5. The van der Waals surface area contributed by atoms with Crippen LogP contribution < -0.4 is 4.90 Å². The molecule has 0 saturated carbocycles. The number of piperazine rings is 1.